The molecule has 498 valence electrons. The molecule has 3 heterocycles. The lowest BCUT2D eigenvalue weighted by atomic mass is 9.90. The highest BCUT2D eigenvalue weighted by Crippen LogP contribution is 2.36. The molecule has 8 amide bonds. The number of hydrogen-bond acceptors (Lipinski definition) is 19. The van der Waals surface area contributed by atoms with Gasteiger partial charge in [-0.25, -0.2) is 19.3 Å². The number of unbranched alkanes of at least 4 members (excludes halogenated alkanes) is 4. The number of nitrogens with one attached hydrogen (secondary N) is 3. The number of epoxide rings is 1. The normalized spacial score (nSPS) is 25.7. The summed E-state index contributed by atoms with van der Waals surface area (Å²) in [5.41, 5.74) is 1.69. The van der Waals surface area contributed by atoms with E-state index in [1.807, 2.05) is 26.1 Å². The number of Topliss-reactive ketones (excluding diaryl/α,β-unsaturated/α-hetero) is 1. The average molecular weight is 1260 g/mol. The second kappa shape index (κ2) is 38.7. The van der Waals surface area contributed by atoms with Crippen molar-refractivity contribution in [2.24, 2.45) is 23.7 Å². The maximum absolute atomic E-state index is 14.1. The third-order valence-electron chi connectivity index (χ3n) is 15.8. The average Bonchev–Trinajstić information content (AvgIpc) is 1.85. The van der Waals surface area contributed by atoms with E-state index in [-0.39, 0.29) is 56.5 Å². The minimum absolute atomic E-state index is 0.0465. The maximum atomic E-state index is 14.1. The number of carbonyl (C=O) groups excluding carboxylic acids is 13. The van der Waals surface area contributed by atoms with Crippen LogP contribution >= 0.6 is 0 Å². The van der Waals surface area contributed by atoms with E-state index < -0.39 is 145 Å². The molecule has 0 radical (unpaired) electrons. The Kier molecular flexibility index (Phi) is 32.9. The fraction of sp³-hybridized carbons (Fsp3) is 0.621. The number of allylic oxidation sites excluding steroid dienone is 5. The van der Waals surface area contributed by atoms with Crippen molar-refractivity contribution in [3.8, 4) is 0 Å². The number of carbonyl (C=O) groups is 13. The van der Waals surface area contributed by atoms with Crippen molar-refractivity contribution in [2.45, 2.75) is 228 Å². The van der Waals surface area contributed by atoms with Gasteiger partial charge in [0.2, 0.25) is 30.0 Å². The van der Waals surface area contributed by atoms with Gasteiger partial charge in [0.1, 0.15) is 36.2 Å². The molecule has 0 spiro atoms. The van der Waals surface area contributed by atoms with Crippen molar-refractivity contribution < 1.29 is 91.1 Å². The monoisotopic (exact) mass is 1260 g/mol. The number of ether oxygens (including phenoxy) is 5. The van der Waals surface area contributed by atoms with Crippen LogP contribution in [0.15, 0.2) is 71.4 Å². The van der Waals surface area contributed by atoms with Crippen LogP contribution in [0.1, 0.15) is 173 Å². The highest BCUT2D eigenvalue weighted by Gasteiger charge is 2.54. The lowest BCUT2D eigenvalue weighted by molar-refractivity contribution is -0.164. The van der Waals surface area contributed by atoms with Crippen LogP contribution < -0.4 is 16.0 Å². The number of ketones is 2. The Hall–Kier alpha value is -7.73. The summed E-state index contributed by atoms with van der Waals surface area (Å²) in [5, 5.41) is 20.1. The Morgan fingerprint density at radius 3 is 2.16 bits per heavy atom. The van der Waals surface area contributed by atoms with Gasteiger partial charge in [0.25, 0.3) is 11.8 Å². The van der Waals surface area contributed by atoms with Gasteiger partial charge in [-0.15, -0.1) is 0 Å². The number of fused-ring (bicyclic) bond motifs is 1. The summed E-state index contributed by atoms with van der Waals surface area (Å²) in [6, 6.07) is -3.63. The van der Waals surface area contributed by atoms with Crippen molar-refractivity contribution in [2.75, 3.05) is 13.2 Å². The number of hydrogen-bond donors (Lipinski definition) is 4. The van der Waals surface area contributed by atoms with E-state index in [9.17, 15) is 67.4 Å². The zero-order valence-electron chi connectivity index (χ0n) is 54.3. The second-order valence-electron chi connectivity index (χ2n) is 23.8. The number of nitrogens with zero attached hydrogens (tertiary/aromatic N) is 2. The summed E-state index contributed by atoms with van der Waals surface area (Å²) < 4.78 is 29.0. The van der Waals surface area contributed by atoms with Gasteiger partial charge in [-0.3, -0.25) is 53.3 Å². The zero-order valence-corrected chi connectivity index (χ0v) is 54.3. The predicted octanol–water partition coefficient (Wildman–Crippen LogP) is 6.56. The zero-order chi connectivity index (χ0) is 67.4. The first-order chi connectivity index (χ1) is 42.5. The van der Waals surface area contributed by atoms with Crippen LogP contribution in [0.4, 0.5) is 4.79 Å². The van der Waals surface area contributed by atoms with Crippen LogP contribution in [0.3, 0.4) is 0 Å². The molecule has 0 aromatic carbocycles. The molecule has 3 aliphatic heterocycles. The Balaban J connectivity index is 2.03. The molecule has 90 heavy (non-hydrogen) atoms. The number of aliphatic hydroxyl groups is 1. The number of rotatable bonds is 27. The number of esters is 3. The van der Waals surface area contributed by atoms with Crippen molar-refractivity contribution in [3.63, 3.8) is 0 Å². The Morgan fingerprint density at radius 1 is 0.856 bits per heavy atom. The van der Waals surface area contributed by atoms with Gasteiger partial charge in [0, 0.05) is 38.5 Å². The molecule has 24 nitrogen and oxygen atoms in total. The highest BCUT2D eigenvalue weighted by atomic mass is 16.7. The highest BCUT2D eigenvalue weighted by molar-refractivity contribution is 6.16. The summed E-state index contributed by atoms with van der Waals surface area (Å²) in [7, 11) is 0. The second-order valence-corrected chi connectivity index (χ2v) is 23.8. The number of amides is 8. The standard InChI is InChI=1S/C66H95N5O19/c1-13-16-17-18-19-26-56(80)86-30-23-22-24-49(60(82)62-63(90-66(85)67-46(11)73)61-51(87-61)29-28-39(4)35-55(79)71(47(12)74)54(78)25-20-21-27-57(81)89-62)70(38-72)37-48(75)33-41(6)31-40(5)32-42(7)34-52-45(10)50(76)36-53(77)68-58(43(8)14-2)64(83)69-59(44(9)15-3)65(84)88-52/h20-22,24-25,27,33-35,38,40,43-45,49,51-52,58-63,82H,13-19,23,26,28-32,36-37H2,1-12H3,(H,68,77)(H,69,83)(H,67,73,85)/b24-22+,25-20+,27-21-,39-35-,41-33+,42-34+/t40?,43-,44-,45-,49?,51-,52+,58-,59+,60+,61+,62+,63-/m1/s1. The van der Waals surface area contributed by atoms with Crippen LogP contribution in [0.2, 0.25) is 0 Å². The Bertz CT molecular complexity index is 2760. The Labute approximate surface area is 528 Å². The van der Waals surface area contributed by atoms with Gasteiger partial charge in [0.05, 0.1) is 37.6 Å². The van der Waals surface area contributed by atoms with Crippen LogP contribution in [0.5, 0.6) is 0 Å². The van der Waals surface area contributed by atoms with Crippen LogP contribution in [-0.4, -0.2) is 160 Å². The van der Waals surface area contributed by atoms with Gasteiger partial charge in [-0.1, -0.05) is 128 Å². The van der Waals surface area contributed by atoms with E-state index >= 15 is 0 Å². The van der Waals surface area contributed by atoms with Crippen molar-refractivity contribution in [1.29, 1.82) is 0 Å². The lowest BCUT2D eigenvalue weighted by Crippen LogP contribution is -2.57. The number of imide groups is 4. The molecule has 24 heteroatoms. The first kappa shape index (κ1) is 76.5. The molecule has 0 aromatic rings. The third kappa shape index (κ3) is 26.0. The SMILES string of the molecule is CCCCCCCC(=O)OCC/C=C/C([C@H](O)[C@@H]1OC(=O)/C=C\C=C\C(=O)N(C(C)=O)C(=O)/C=C(/C)CC[C@H]2O[C@@H]2[C@H]1OC(=O)NC(C)=O)N(C=O)CC(=O)/C=C(\C)CC(C)C/C(C)=C/[C@@H]1OC(=O)[C@H]([C@H](C)CC)NC(=O)[C@@H]([C@H](C)CC)NC(=O)CC(=O)[C@H]1C. The molecule has 13 atom stereocenters. The van der Waals surface area contributed by atoms with Gasteiger partial charge < -0.3 is 44.3 Å². The topological polar surface area (TPSA) is 334 Å². The fourth-order valence-electron chi connectivity index (χ4n) is 10.4. The van der Waals surface area contributed by atoms with Gasteiger partial charge >= 0.3 is 24.0 Å². The molecule has 3 rings (SSSR count). The first-order valence-electron chi connectivity index (χ1n) is 31.2. The summed E-state index contributed by atoms with van der Waals surface area (Å²) >= 11 is 0. The number of cyclic esters (lactones) is 2. The summed E-state index contributed by atoms with van der Waals surface area (Å²) in [4.78, 5) is 173. The van der Waals surface area contributed by atoms with Crippen molar-refractivity contribution >= 4 is 77.4 Å². The van der Waals surface area contributed by atoms with Gasteiger partial charge in [-0.2, -0.15) is 0 Å². The Morgan fingerprint density at radius 2 is 1.51 bits per heavy atom. The largest absolute Gasteiger partial charge is 0.465 e. The summed E-state index contributed by atoms with van der Waals surface area (Å²) in [6.45, 7) is 19.2. The minimum Gasteiger partial charge on any atom is -0.465 e. The maximum Gasteiger partial charge on any atom is 0.414 e. The molecule has 0 aromatic heterocycles. The molecule has 2 saturated heterocycles. The molecular weight excluding hydrogens is 1170 g/mol. The van der Waals surface area contributed by atoms with Crippen molar-refractivity contribution in [3.05, 3.63) is 71.4 Å². The van der Waals surface area contributed by atoms with E-state index in [0.29, 0.717) is 53.7 Å². The van der Waals surface area contributed by atoms with E-state index in [1.165, 1.54) is 18.2 Å². The van der Waals surface area contributed by atoms with Gasteiger partial charge in [-0.05, 0) is 89.2 Å². The predicted molar refractivity (Wildman–Crippen MR) is 329 cm³/mol. The summed E-state index contributed by atoms with van der Waals surface area (Å²) in [6.07, 6.45) is 6.95. The minimum atomic E-state index is -2.07. The van der Waals surface area contributed by atoms with E-state index in [0.717, 1.165) is 74.8 Å². The van der Waals surface area contributed by atoms with E-state index in [1.54, 1.807) is 47.6 Å². The molecule has 0 aliphatic carbocycles. The molecule has 3 aliphatic rings. The molecule has 2 fully saturated rings. The molecule has 2 unspecified atom stereocenters. The molecule has 4 N–H and O–H groups in total. The fourth-order valence-corrected chi connectivity index (χ4v) is 10.4. The summed E-state index contributed by atoms with van der Waals surface area (Å²) in [5.74, 6) is -10.1. The van der Waals surface area contributed by atoms with E-state index in [4.69, 9.17) is 23.7 Å². The smallest absolute Gasteiger partial charge is 0.414 e. The quantitative estimate of drug-likeness (QED) is 0.00778. The molecule has 0 bridgehead atoms. The molecular formula is C66H95N5O19. The third-order valence-corrected chi connectivity index (χ3v) is 15.8. The van der Waals surface area contributed by atoms with Crippen LogP contribution in [0, 0.1) is 23.7 Å². The lowest BCUT2D eigenvalue weighted by Gasteiger charge is -2.36. The van der Waals surface area contributed by atoms with Gasteiger partial charge in [0.15, 0.2) is 18.0 Å². The first-order valence-corrected chi connectivity index (χ1v) is 31.2. The van der Waals surface area contributed by atoms with E-state index in [2.05, 4.69) is 17.6 Å². The number of aliphatic hydroxyl groups excluding tert-OH is 1. The van der Waals surface area contributed by atoms with Crippen molar-refractivity contribution in [1.82, 2.24) is 25.8 Å². The number of alkyl carbamates (subject to hydrolysis) is 1. The molecule has 0 saturated carbocycles. The van der Waals surface area contributed by atoms with Crippen LogP contribution in [-0.2, 0) is 81.2 Å². The van der Waals surface area contributed by atoms with Crippen LogP contribution in [0.25, 0.3) is 0 Å².